The molecule has 34 heavy (non-hydrogen) atoms. The fraction of sp³-hybridized carbons (Fsp3) is 0.179. The number of nitrogens with zero attached hydrogens (tertiary/aromatic N) is 4. The topological polar surface area (TPSA) is 81.1 Å². The number of pyridine rings is 1. The molecule has 2 aromatic carbocycles. The molecule has 3 heterocycles. The summed E-state index contributed by atoms with van der Waals surface area (Å²) in [5.41, 5.74) is 15.5. The van der Waals surface area contributed by atoms with Crippen LogP contribution in [0.3, 0.4) is 0 Å². The molecule has 3 aromatic heterocycles. The van der Waals surface area contributed by atoms with E-state index in [1.54, 1.807) is 0 Å². The minimum absolute atomic E-state index is 0.220. The maximum atomic E-state index is 5.89. The van der Waals surface area contributed by atoms with Crippen molar-refractivity contribution in [2.45, 2.75) is 32.4 Å². The van der Waals surface area contributed by atoms with Gasteiger partial charge in [-0.15, -0.1) is 0 Å². The molecule has 0 bridgehead atoms. The lowest BCUT2D eigenvalue weighted by Gasteiger charge is -2.14. The number of fused-ring (bicyclic) bond motifs is 2. The molecule has 6 rings (SSSR count). The molecule has 6 nitrogen and oxygen atoms in total. The van der Waals surface area contributed by atoms with E-state index in [-0.39, 0.29) is 6.04 Å². The van der Waals surface area contributed by atoms with E-state index in [1.807, 2.05) is 30.6 Å². The van der Waals surface area contributed by atoms with Gasteiger partial charge in [0.2, 0.25) is 5.95 Å². The first-order chi connectivity index (χ1) is 16.7. The molecule has 0 fully saturated rings. The predicted molar refractivity (Wildman–Crippen MR) is 135 cm³/mol. The summed E-state index contributed by atoms with van der Waals surface area (Å²) in [5.74, 6) is 0.627. The molecule has 6 heteroatoms. The Morgan fingerprint density at radius 2 is 1.88 bits per heavy atom. The van der Waals surface area contributed by atoms with Crippen molar-refractivity contribution in [1.82, 2.24) is 19.4 Å². The first-order valence-corrected chi connectivity index (χ1v) is 11.7. The van der Waals surface area contributed by atoms with E-state index >= 15 is 0 Å². The molecule has 3 N–H and O–H groups in total. The number of hydrogen-bond donors (Lipinski definition) is 2. The Bertz CT molecular complexity index is 1490. The van der Waals surface area contributed by atoms with Gasteiger partial charge in [0.1, 0.15) is 5.65 Å². The van der Waals surface area contributed by atoms with Crippen molar-refractivity contribution in [2.24, 2.45) is 5.73 Å². The summed E-state index contributed by atoms with van der Waals surface area (Å²) in [6, 6.07) is 23.3. The number of anilines is 1. The third-order valence-electron chi connectivity index (χ3n) is 6.59. The van der Waals surface area contributed by atoms with Crippen molar-refractivity contribution < 1.29 is 0 Å². The quantitative estimate of drug-likeness (QED) is 0.382. The SMILES string of the molecule is Cc1ccc(-c2nc3cc(CN)ccn3c2-c2ccnc(NC3CCc4ccccc43)n2)cc1. The Labute approximate surface area is 198 Å². The monoisotopic (exact) mass is 446 g/mol. The molecule has 0 aliphatic heterocycles. The van der Waals surface area contributed by atoms with Crippen LogP contribution in [-0.2, 0) is 13.0 Å². The van der Waals surface area contributed by atoms with E-state index < -0.39 is 0 Å². The Morgan fingerprint density at radius 3 is 2.74 bits per heavy atom. The van der Waals surface area contributed by atoms with E-state index in [0.29, 0.717) is 12.5 Å². The van der Waals surface area contributed by atoms with Gasteiger partial charge < -0.3 is 11.1 Å². The Balaban J connectivity index is 1.45. The number of hydrogen-bond acceptors (Lipinski definition) is 5. The zero-order valence-corrected chi connectivity index (χ0v) is 19.1. The summed E-state index contributed by atoms with van der Waals surface area (Å²) >= 11 is 0. The van der Waals surface area contributed by atoms with Crippen LogP contribution in [0.4, 0.5) is 5.95 Å². The number of rotatable bonds is 5. The Hall–Kier alpha value is -4.03. The van der Waals surface area contributed by atoms with E-state index in [2.05, 4.69) is 70.2 Å². The number of nitrogens with two attached hydrogens (primary N) is 1. The summed E-state index contributed by atoms with van der Waals surface area (Å²) in [6.07, 6.45) is 5.96. The Kier molecular flexibility index (Phi) is 5.08. The molecule has 1 aliphatic carbocycles. The van der Waals surface area contributed by atoms with Gasteiger partial charge in [-0.05, 0) is 54.7 Å². The van der Waals surface area contributed by atoms with Crippen LogP contribution < -0.4 is 11.1 Å². The highest BCUT2D eigenvalue weighted by atomic mass is 15.1. The second-order valence-electron chi connectivity index (χ2n) is 8.84. The fourth-order valence-electron chi connectivity index (χ4n) is 4.79. The van der Waals surface area contributed by atoms with Gasteiger partial charge in [0, 0.05) is 24.5 Å². The van der Waals surface area contributed by atoms with Crippen LogP contribution in [0, 0.1) is 6.92 Å². The molecular weight excluding hydrogens is 420 g/mol. The number of benzene rings is 2. The van der Waals surface area contributed by atoms with Crippen LogP contribution in [0.5, 0.6) is 0 Å². The maximum absolute atomic E-state index is 5.89. The average Bonchev–Trinajstić information content (AvgIpc) is 3.46. The van der Waals surface area contributed by atoms with E-state index in [4.69, 9.17) is 15.7 Å². The van der Waals surface area contributed by atoms with Crippen molar-refractivity contribution in [2.75, 3.05) is 5.32 Å². The lowest BCUT2D eigenvalue weighted by molar-refractivity contribution is 0.751. The van der Waals surface area contributed by atoms with Gasteiger partial charge in [-0.1, -0.05) is 54.1 Å². The highest BCUT2D eigenvalue weighted by Crippen LogP contribution is 2.35. The Morgan fingerprint density at radius 1 is 1.03 bits per heavy atom. The molecule has 0 spiro atoms. The number of imidazole rings is 1. The van der Waals surface area contributed by atoms with Gasteiger partial charge in [-0.3, -0.25) is 4.40 Å². The first kappa shape index (κ1) is 20.6. The summed E-state index contributed by atoms with van der Waals surface area (Å²) in [5, 5.41) is 3.56. The van der Waals surface area contributed by atoms with Crippen molar-refractivity contribution >= 4 is 11.6 Å². The van der Waals surface area contributed by atoms with Crippen molar-refractivity contribution in [1.29, 1.82) is 0 Å². The average molecular weight is 447 g/mol. The molecule has 168 valence electrons. The third kappa shape index (κ3) is 3.62. The van der Waals surface area contributed by atoms with E-state index in [1.165, 1.54) is 16.7 Å². The third-order valence-corrected chi connectivity index (χ3v) is 6.59. The number of aryl methyl sites for hydroxylation is 2. The van der Waals surface area contributed by atoms with Gasteiger partial charge in [-0.25, -0.2) is 15.0 Å². The summed E-state index contributed by atoms with van der Waals surface area (Å²) in [4.78, 5) is 14.5. The highest BCUT2D eigenvalue weighted by molar-refractivity contribution is 5.81. The molecule has 1 unspecified atom stereocenters. The predicted octanol–water partition coefficient (Wildman–Crippen LogP) is 5.32. The van der Waals surface area contributed by atoms with Gasteiger partial charge >= 0.3 is 0 Å². The normalized spacial score (nSPS) is 14.9. The van der Waals surface area contributed by atoms with Gasteiger partial charge in [0.25, 0.3) is 0 Å². The van der Waals surface area contributed by atoms with Crippen molar-refractivity contribution in [3.8, 4) is 22.6 Å². The molecular formula is C28H26N6. The first-order valence-electron chi connectivity index (χ1n) is 11.7. The molecule has 0 radical (unpaired) electrons. The van der Waals surface area contributed by atoms with Crippen molar-refractivity contribution in [3.63, 3.8) is 0 Å². The van der Waals surface area contributed by atoms with E-state index in [0.717, 1.165) is 46.7 Å². The summed E-state index contributed by atoms with van der Waals surface area (Å²) in [6.45, 7) is 2.56. The largest absolute Gasteiger partial charge is 0.347 e. The van der Waals surface area contributed by atoms with Gasteiger partial charge in [0.15, 0.2) is 0 Å². The maximum Gasteiger partial charge on any atom is 0.223 e. The molecule has 0 amide bonds. The van der Waals surface area contributed by atoms with Gasteiger partial charge in [-0.2, -0.15) is 0 Å². The van der Waals surface area contributed by atoms with Crippen molar-refractivity contribution in [3.05, 3.63) is 101 Å². The number of nitrogens with one attached hydrogen (secondary N) is 1. The summed E-state index contributed by atoms with van der Waals surface area (Å²) in [7, 11) is 0. The minimum Gasteiger partial charge on any atom is -0.347 e. The van der Waals surface area contributed by atoms with Crippen LogP contribution >= 0.6 is 0 Å². The van der Waals surface area contributed by atoms with Crippen LogP contribution in [0.25, 0.3) is 28.3 Å². The van der Waals surface area contributed by atoms with Gasteiger partial charge in [0.05, 0.1) is 23.1 Å². The lowest BCUT2D eigenvalue weighted by Crippen LogP contribution is -2.10. The highest BCUT2D eigenvalue weighted by Gasteiger charge is 2.23. The van der Waals surface area contributed by atoms with Crippen LogP contribution in [0.2, 0.25) is 0 Å². The molecule has 0 saturated heterocycles. The zero-order chi connectivity index (χ0) is 23.1. The molecule has 0 saturated carbocycles. The number of aromatic nitrogens is 4. The lowest BCUT2D eigenvalue weighted by atomic mass is 10.1. The minimum atomic E-state index is 0.220. The molecule has 5 aromatic rings. The zero-order valence-electron chi connectivity index (χ0n) is 19.1. The standard InChI is InChI=1S/C28H26N6/c1-18-6-8-21(9-7-18)26-27(34-15-13-19(17-29)16-25(34)33-26)24-12-14-30-28(32-24)31-23-11-10-20-4-2-3-5-22(20)23/h2-9,12-16,23H,10-11,17,29H2,1H3,(H,30,31,32). The fourth-order valence-corrected chi connectivity index (χ4v) is 4.79. The van der Waals surface area contributed by atoms with Crippen LogP contribution in [-0.4, -0.2) is 19.4 Å². The summed E-state index contributed by atoms with van der Waals surface area (Å²) < 4.78 is 2.09. The smallest absolute Gasteiger partial charge is 0.223 e. The second kappa shape index (κ2) is 8.39. The van der Waals surface area contributed by atoms with Crippen LogP contribution in [0.15, 0.2) is 79.1 Å². The second-order valence-corrected chi connectivity index (χ2v) is 8.84. The van der Waals surface area contributed by atoms with E-state index in [9.17, 15) is 0 Å². The molecule has 1 atom stereocenters. The molecule has 1 aliphatic rings. The van der Waals surface area contributed by atoms with Crippen LogP contribution in [0.1, 0.15) is 34.7 Å².